The largest absolute Gasteiger partial charge is 0.383 e. The van der Waals surface area contributed by atoms with Crippen molar-refractivity contribution in [1.82, 2.24) is 0 Å². The minimum Gasteiger partial charge on any atom is -0.383 e. The number of anilines is 1. The van der Waals surface area contributed by atoms with Crippen molar-refractivity contribution >= 4 is 17.4 Å². The van der Waals surface area contributed by atoms with Gasteiger partial charge in [-0.15, -0.1) is 11.8 Å². The van der Waals surface area contributed by atoms with Crippen LogP contribution in [-0.4, -0.2) is 6.54 Å². The van der Waals surface area contributed by atoms with Gasteiger partial charge in [-0.05, 0) is 37.1 Å². The van der Waals surface area contributed by atoms with E-state index < -0.39 is 0 Å². The van der Waals surface area contributed by atoms with Crippen LogP contribution in [0, 0.1) is 13.8 Å². The van der Waals surface area contributed by atoms with E-state index in [9.17, 15) is 0 Å². The molecular formula is C16H17NS. The van der Waals surface area contributed by atoms with Gasteiger partial charge in [0.05, 0.1) is 5.25 Å². The third-order valence-corrected chi connectivity index (χ3v) is 4.72. The molecule has 2 aromatic carbocycles. The molecule has 0 aromatic heterocycles. The molecule has 1 nitrogen and oxygen atoms in total. The SMILES string of the molecule is Cc1ccc(C2CNc3ccccc3S2)c(C)c1. The van der Waals surface area contributed by atoms with Crippen molar-refractivity contribution < 1.29 is 0 Å². The summed E-state index contributed by atoms with van der Waals surface area (Å²) in [6, 6.07) is 15.3. The van der Waals surface area contributed by atoms with E-state index in [0.717, 1.165) is 6.54 Å². The first-order valence-electron chi connectivity index (χ1n) is 6.31. The third-order valence-electron chi connectivity index (χ3n) is 3.41. The monoisotopic (exact) mass is 255 g/mol. The Labute approximate surface area is 113 Å². The molecule has 1 aliphatic rings. The summed E-state index contributed by atoms with van der Waals surface area (Å²) in [6.45, 7) is 5.37. The Morgan fingerprint density at radius 1 is 1.11 bits per heavy atom. The molecule has 0 spiro atoms. The number of hydrogen-bond acceptors (Lipinski definition) is 2. The number of fused-ring (bicyclic) bond motifs is 1. The lowest BCUT2D eigenvalue weighted by Gasteiger charge is -2.27. The summed E-state index contributed by atoms with van der Waals surface area (Å²) in [6.07, 6.45) is 0. The predicted molar refractivity (Wildman–Crippen MR) is 79.4 cm³/mol. The molecule has 0 saturated carbocycles. The van der Waals surface area contributed by atoms with Gasteiger partial charge in [0.25, 0.3) is 0 Å². The number of hydrogen-bond donors (Lipinski definition) is 1. The smallest absolute Gasteiger partial charge is 0.0520 e. The Bertz CT molecular complexity index is 577. The molecule has 1 heterocycles. The van der Waals surface area contributed by atoms with Crippen molar-refractivity contribution in [3.05, 3.63) is 59.2 Å². The van der Waals surface area contributed by atoms with Crippen LogP contribution in [0.3, 0.4) is 0 Å². The second-order valence-electron chi connectivity index (χ2n) is 4.84. The molecule has 1 aliphatic heterocycles. The quantitative estimate of drug-likeness (QED) is 0.801. The Hall–Kier alpha value is -1.41. The number of para-hydroxylation sites is 1. The molecule has 0 amide bonds. The Kier molecular flexibility index (Phi) is 3.04. The molecule has 0 fully saturated rings. The molecule has 1 unspecified atom stereocenters. The van der Waals surface area contributed by atoms with Crippen molar-refractivity contribution in [3.63, 3.8) is 0 Å². The van der Waals surface area contributed by atoms with Gasteiger partial charge in [-0.3, -0.25) is 0 Å². The summed E-state index contributed by atoms with van der Waals surface area (Å²) < 4.78 is 0. The van der Waals surface area contributed by atoms with Gasteiger partial charge in [-0.2, -0.15) is 0 Å². The van der Waals surface area contributed by atoms with Crippen molar-refractivity contribution in [2.45, 2.75) is 24.0 Å². The molecular weight excluding hydrogens is 238 g/mol. The molecule has 0 saturated heterocycles. The first-order chi connectivity index (χ1) is 8.74. The number of rotatable bonds is 1. The van der Waals surface area contributed by atoms with Gasteiger partial charge in [-0.1, -0.05) is 35.9 Å². The molecule has 0 radical (unpaired) electrons. The van der Waals surface area contributed by atoms with E-state index in [1.807, 2.05) is 11.8 Å². The zero-order valence-electron chi connectivity index (χ0n) is 10.7. The average Bonchev–Trinajstić information content (AvgIpc) is 2.38. The van der Waals surface area contributed by atoms with Crippen LogP contribution in [0.15, 0.2) is 47.4 Å². The van der Waals surface area contributed by atoms with Crippen molar-refractivity contribution in [2.75, 3.05) is 11.9 Å². The first-order valence-corrected chi connectivity index (χ1v) is 7.19. The second-order valence-corrected chi connectivity index (χ2v) is 6.09. The lowest BCUT2D eigenvalue weighted by molar-refractivity contribution is 0.952. The maximum absolute atomic E-state index is 3.53. The van der Waals surface area contributed by atoms with Crippen LogP contribution in [0.1, 0.15) is 21.9 Å². The van der Waals surface area contributed by atoms with Crippen LogP contribution in [-0.2, 0) is 0 Å². The first kappa shape index (κ1) is 11.7. The summed E-state index contributed by atoms with van der Waals surface area (Å²) in [4.78, 5) is 1.36. The molecule has 92 valence electrons. The fourth-order valence-electron chi connectivity index (χ4n) is 2.47. The minimum atomic E-state index is 0.514. The summed E-state index contributed by atoms with van der Waals surface area (Å²) in [7, 11) is 0. The maximum atomic E-state index is 3.53. The Morgan fingerprint density at radius 2 is 1.94 bits per heavy atom. The molecule has 18 heavy (non-hydrogen) atoms. The zero-order valence-corrected chi connectivity index (χ0v) is 11.6. The van der Waals surface area contributed by atoms with Crippen molar-refractivity contribution in [3.8, 4) is 0 Å². The molecule has 1 atom stereocenters. The number of nitrogens with one attached hydrogen (secondary N) is 1. The Balaban J connectivity index is 1.92. The summed E-state index contributed by atoms with van der Waals surface area (Å²) in [5.74, 6) is 0. The summed E-state index contributed by atoms with van der Waals surface area (Å²) in [5, 5.41) is 4.05. The topological polar surface area (TPSA) is 12.0 Å². The van der Waals surface area contributed by atoms with Crippen LogP contribution in [0.5, 0.6) is 0 Å². The van der Waals surface area contributed by atoms with Gasteiger partial charge in [0.1, 0.15) is 0 Å². The highest BCUT2D eigenvalue weighted by atomic mass is 32.2. The second kappa shape index (κ2) is 4.69. The van der Waals surface area contributed by atoms with Crippen molar-refractivity contribution in [2.24, 2.45) is 0 Å². The van der Waals surface area contributed by atoms with Crippen LogP contribution < -0.4 is 5.32 Å². The molecule has 3 rings (SSSR count). The summed E-state index contributed by atoms with van der Waals surface area (Å²) >= 11 is 1.97. The van der Waals surface area contributed by atoms with Crippen molar-refractivity contribution in [1.29, 1.82) is 0 Å². The zero-order chi connectivity index (χ0) is 12.5. The number of aryl methyl sites for hydroxylation is 2. The summed E-state index contributed by atoms with van der Waals surface area (Å²) in [5.41, 5.74) is 5.45. The average molecular weight is 255 g/mol. The number of benzene rings is 2. The van der Waals surface area contributed by atoms with E-state index in [1.165, 1.54) is 27.3 Å². The maximum Gasteiger partial charge on any atom is 0.0520 e. The highest BCUT2D eigenvalue weighted by Crippen LogP contribution is 2.43. The third kappa shape index (κ3) is 2.13. The van der Waals surface area contributed by atoms with E-state index in [4.69, 9.17) is 0 Å². The minimum absolute atomic E-state index is 0.514. The normalized spacial score (nSPS) is 18.0. The van der Waals surface area contributed by atoms with Gasteiger partial charge in [-0.25, -0.2) is 0 Å². The molecule has 1 N–H and O–H groups in total. The predicted octanol–water partition coefficient (Wildman–Crippen LogP) is 4.56. The fourth-order valence-corrected chi connectivity index (χ4v) is 3.76. The van der Waals surface area contributed by atoms with Gasteiger partial charge >= 0.3 is 0 Å². The van der Waals surface area contributed by atoms with E-state index >= 15 is 0 Å². The Morgan fingerprint density at radius 3 is 2.78 bits per heavy atom. The lowest BCUT2D eigenvalue weighted by atomic mass is 10.0. The van der Waals surface area contributed by atoms with Crippen LogP contribution in [0.2, 0.25) is 0 Å². The van der Waals surface area contributed by atoms with Crippen LogP contribution >= 0.6 is 11.8 Å². The standard InChI is InChI=1S/C16H17NS/c1-11-7-8-13(12(2)9-11)16-10-17-14-5-3-4-6-15(14)18-16/h3-9,16-17H,10H2,1-2H3. The molecule has 0 aliphatic carbocycles. The van der Waals surface area contributed by atoms with Gasteiger partial charge < -0.3 is 5.32 Å². The fraction of sp³-hybridized carbons (Fsp3) is 0.250. The van der Waals surface area contributed by atoms with E-state index in [-0.39, 0.29) is 0 Å². The van der Waals surface area contributed by atoms with Gasteiger partial charge in [0, 0.05) is 17.1 Å². The van der Waals surface area contributed by atoms with Crippen LogP contribution in [0.25, 0.3) is 0 Å². The van der Waals surface area contributed by atoms with E-state index in [2.05, 4.69) is 61.6 Å². The highest BCUT2D eigenvalue weighted by Gasteiger charge is 2.21. The van der Waals surface area contributed by atoms with Gasteiger partial charge in [0.15, 0.2) is 0 Å². The van der Waals surface area contributed by atoms with E-state index in [0.29, 0.717) is 5.25 Å². The van der Waals surface area contributed by atoms with E-state index in [1.54, 1.807) is 0 Å². The number of thioether (sulfide) groups is 1. The van der Waals surface area contributed by atoms with Gasteiger partial charge in [0.2, 0.25) is 0 Å². The highest BCUT2D eigenvalue weighted by molar-refractivity contribution is 7.99. The molecule has 2 aromatic rings. The lowest BCUT2D eigenvalue weighted by Crippen LogP contribution is -2.15. The molecule has 0 bridgehead atoms. The van der Waals surface area contributed by atoms with Crippen LogP contribution in [0.4, 0.5) is 5.69 Å². The molecule has 2 heteroatoms.